The normalized spacial score (nSPS) is 11.4. The first-order valence-corrected chi connectivity index (χ1v) is 19.1. The first-order valence-electron chi connectivity index (χ1n) is 17.6. The summed E-state index contributed by atoms with van der Waals surface area (Å²) < 4.78 is 33.8. The fourth-order valence-corrected chi connectivity index (χ4v) is 6.33. The first-order chi connectivity index (χ1) is 26.5. The average Bonchev–Trinajstić information content (AvgIpc) is 3.16. The first kappa shape index (κ1) is 40.6. The number of hydrogen-bond acceptors (Lipinski definition) is 10. The number of fused-ring (bicyclic) bond motifs is 1. The van der Waals surface area contributed by atoms with Crippen LogP contribution < -0.4 is 40.2 Å². The summed E-state index contributed by atoms with van der Waals surface area (Å²) in [6.45, 7) is 9.14. The maximum absolute atomic E-state index is 13.4. The highest BCUT2D eigenvalue weighted by Gasteiger charge is 2.21. The third-order valence-electron chi connectivity index (χ3n) is 8.25. The third kappa shape index (κ3) is 11.4. The number of benzene rings is 4. The predicted molar refractivity (Wildman–Crippen MR) is 218 cm³/mol. The zero-order chi connectivity index (χ0) is 39.4. The van der Waals surface area contributed by atoms with E-state index in [9.17, 15) is 9.59 Å². The Morgan fingerprint density at radius 3 is 2.24 bits per heavy atom. The number of carbonyl (C=O) groups excluding carboxylic acids is 1. The molecule has 0 fully saturated rings. The van der Waals surface area contributed by atoms with E-state index in [0.29, 0.717) is 60.2 Å². The van der Waals surface area contributed by atoms with E-state index in [-0.39, 0.29) is 38.4 Å². The fourth-order valence-electron chi connectivity index (χ4n) is 5.57. The van der Waals surface area contributed by atoms with E-state index in [4.69, 9.17) is 33.5 Å². The van der Waals surface area contributed by atoms with Gasteiger partial charge in [-0.3, -0.25) is 0 Å². The molecule has 0 saturated heterocycles. The Morgan fingerprint density at radius 1 is 0.782 bits per heavy atom. The number of rotatable bonds is 18. The lowest BCUT2D eigenvalue weighted by atomic mass is 9.86. The van der Waals surface area contributed by atoms with E-state index >= 15 is 0 Å². The lowest BCUT2D eigenvalue weighted by Crippen LogP contribution is -2.22. The van der Waals surface area contributed by atoms with E-state index in [1.165, 1.54) is 0 Å². The summed E-state index contributed by atoms with van der Waals surface area (Å²) in [6, 6.07) is 24.0. The number of aromatic nitrogens is 1. The molecule has 290 valence electrons. The predicted octanol–water partition coefficient (Wildman–Crippen LogP) is 8.16. The standard InChI is InChI=1S/C41H47N4O9P/c1-41(2,3)26-19-34(39(50-5)36(20-26)55-6)45-40(48)44-33-11-12-35(32-10-8-7-9-31(32)33)54-28-13-14-42-37(24-28)43-27-21-29(49-4)23-30(22-27)53-18-17-51-15-16-52-25-38(46)47/h7-14,19-24,55H,15-18,25H2,1-6H3,(H,42,43)(H,46,47)(H2,44,45,48). The number of methoxy groups -OCH3 is 2. The zero-order valence-corrected chi connectivity index (χ0v) is 32.8. The van der Waals surface area contributed by atoms with Gasteiger partial charge in [0.25, 0.3) is 0 Å². The Bertz CT molecular complexity index is 2110. The molecule has 1 unspecified atom stereocenters. The molecular weight excluding hydrogens is 723 g/mol. The monoisotopic (exact) mass is 770 g/mol. The van der Waals surface area contributed by atoms with Gasteiger partial charge in [-0.15, -0.1) is 0 Å². The average molecular weight is 771 g/mol. The van der Waals surface area contributed by atoms with Gasteiger partial charge in [0.1, 0.15) is 47.8 Å². The van der Waals surface area contributed by atoms with Gasteiger partial charge in [-0.2, -0.15) is 0 Å². The van der Waals surface area contributed by atoms with E-state index in [1.54, 1.807) is 38.6 Å². The number of carbonyl (C=O) groups is 2. The van der Waals surface area contributed by atoms with Crippen molar-refractivity contribution in [2.75, 3.05) is 69.9 Å². The molecule has 0 radical (unpaired) electrons. The quantitative estimate of drug-likeness (QED) is 0.0503. The number of carboxylic acid groups (broad SMARTS) is 1. The number of aliphatic carboxylic acids is 1. The summed E-state index contributed by atoms with van der Waals surface area (Å²) in [5.74, 6) is 2.43. The molecule has 1 atom stereocenters. The van der Waals surface area contributed by atoms with Crippen LogP contribution in [0.3, 0.4) is 0 Å². The molecule has 0 saturated carbocycles. The van der Waals surface area contributed by atoms with Crippen LogP contribution in [0.4, 0.5) is 27.7 Å². The largest absolute Gasteiger partial charge is 0.497 e. The molecule has 2 amide bonds. The third-order valence-corrected chi connectivity index (χ3v) is 9.16. The van der Waals surface area contributed by atoms with Crippen molar-refractivity contribution in [3.8, 4) is 28.7 Å². The van der Waals surface area contributed by atoms with Crippen molar-refractivity contribution in [1.29, 1.82) is 0 Å². The highest BCUT2D eigenvalue weighted by molar-refractivity contribution is 7.46. The molecule has 0 bridgehead atoms. The second kappa shape index (κ2) is 19.1. The minimum atomic E-state index is -1.03. The number of hydrogen-bond donors (Lipinski definition) is 4. The summed E-state index contributed by atoms with van der Waals surface area (Å²) in [7, 11) is 3.68. The SMILES string of the molecule is COc1cc(Nc2cc(Oc3ccc(NC(=O)Nc4cc(C(C)(C)C)cc(PC)c4OC)c4ccccc34)ccn2)cc(OCCOCCOCC(=O)O)c1. The van der Waals surface area contributed by atoms with Crippen molar-refractivity contribution >= 4 is 59.5 Å². The second-order valence-electron chi connectivity index (χ2n) is 13.2. The van der Waals surface area contributed by atoms with Gasteiger partial charge < -0.3 is 49.5 Å². The van der Waals surface area contributed by atoms with E-state index in [0.717, 1.165) is 21.6 Å². The number of pyridine rings is 1. The van der Waals surface area contributed by atoms with Crippen LogP contribution in [0, 0.1) is 0 Å². The summed E-state index contributed by atoms with van der Waals surface area (Å²) in [4.78, 5) is 28.4. The van der Waals surface area contributed by atoms with E-state index < -0.39 is 12.0 Å². The van der Waals surface area contributed by atoms with Crippen LogP contribution in [-0.4, -0.2) is 76.0 Å². The van der Waals surface area contributed by atoms with Crippen LogP contribution >= 0.6 is 8.58 Å². The number of amides is 2. The summed E-state index contributed by atoms with van der Waals surface area (Å²) in [5.41, 5.74) is 2.91. The van der Waals surface area contributed by atoms with Gasteiger partial charge in [0.05, 0.1) is 45.4 Å². The Labute approximate surface area is 322 Å². The van der Waals surface area contributed by atoms with Crippen molar-refractivity contribution in [1.82, 2.24) is 4.98 Å². The minimum Gasteiger partial charge on any atom is -0.497 e. The molecule has 1 heterocycles. The fraction of sp³-hybridized carbons (Fsp3) is 0.293. The number of nitrogens with one attached hydrogen (secondary N) is 3. The van der Waals surface area contributed by atoms with E-state index in [2.05, 4.69) is 54.4 Å². The van der Waals surface area contributed by atoms with Crippen molar-refractivity contribution in [3.63, 3.8) is 0 Å². The Kier molecular flexibility index (Phi) is 14.1. The minimum absolute atomic E-state index is 0.111. The molecule has 14 heteroatoms. The Hall–Kier alpha value is -5.62. The summed E-state index contributed by atoms with van der Waals surface area (Å²) in [5, 5.41) is 20.6. The molecule has 0 aliphatic heterocycles. The number of urea groups is 1. The molecule has 4 aromatic carbocycles. The number of nitrogens with zero attached hydrogens (tertiary/aromatic N) is 1. The van der Waals surface area contributed by atoms with E-state index in [1.807, 2.05) is 54.6 Å². The second-order valence-corrected chi connectivity index (χ2v) is 14.3. The van der Waals surface area contributed by atoms with Crippen LogP contribution in [0.25, 0.3) is 10.8 Å². The molecule has 0 spiro atoms. The Balaban J connectivity index is 1.26. The number of anilines is 4. The molecule has 55 heavy (non-hydrogen) atoms. The molecular formula is C41H47N4O9P. The lowest BCUT2D eigenvalue weighted by Gasteiger charge is -2.23. The van der Waals surface area contributed by atoms with Gasteiger partial charge in [-0.1, -0.05) is 53.6 Å². The van der Waals surface area contributed by atoms with Crippen molar-refractivity contribution in [2.45, 2.75) is 26.2 Å². The molecule has 5 aromatic rings. The van der Waals surface area contributed by atoms with Crippen LogP contribution in [0.2, 0.25) is 0 Å². The van der Waals surface area contributed by atoms with Crippen molar-refractivity contribution in [2.24, 2.45) is 0 Å². The van der Waals surface area contributed by atoms with Crippen molar-refractivity contribution in [3.05, 3.63) is 90.6 Å². The van der Waals surface area contributed by atoms with Gasteiger partial charge in [-0.25, -0.2) is 14.6 Å². The van der Waals surface area contributed by atoms with Crippen molar-refractivity contribution < 1.29 is 43.1 Å². The summed E-state index contributed by atoms with van der Waals surface area (Å²) in [6.07, 6.45) is 1.64. The zero-order valence-electron chi connectivity index (χ0n) is 31.8. The number of carboxylic acids is 1. The molecule has 13 nitrogen and oxygen atoms in total. The molecule has 0 aliphatic rings. The maximum atomic E-state index is 13.4. The number of ether oxygens (including phenoxy) is 6. The summed E-state index contributed by atoms with van der Waals surface area (Å²) >= 11 is 0. The smallest absolute Gasteiger partial charge is 0.329 e. The van der Waals surface area contributed by atoms with Gasteiger partial charge in [-0.05, 0) is 48.0 Å². The molecule has 4 N–H and O–H groups in total. The maximum Gasteiger partial charge on any atom is 0.329 e. The van der Waals surface area contributed by atoms with Crippen LogP contribution in [-0.2, 0) is 19.7 Å². The topological polar surface area (TPSA) is 159 Å². The van der Waals surface area contributed by atoms with Gasteiger partial charge in [0, 0.05) is 52.2 Å². The highest BCUT2D eigenvalue weighted by atomic mass is 31.1. The van der Waals surface area contributed by atoms with Crippen LogP contribution in [0.1, 0.15) is 26.3 Å². The van der Waals surface area contributed by atoms with Gasteiger partial charge in [0.2, 0.25) is 0 Å². The van der Waals surface area contributed by atoms with Crippen LogP contribution in [0.15, 0.2) is 85.1 Å². The molecule has 0 aliphatic carbocycles. The van der Waals surface area contributed by atoms with Gasteiger partial charge >= 0.3 is 12.0 Å². The Morgan fingerprint density at radius 2 is 1.51 bits per heavy atom. The lowest BCUT2D eigenvalue weighted by molar-refractivity contribution is -0.142. The van der Waals surface area contributed by atoms with Gasteiger partial charge in [0.15, 0.2) is 0 Å². The van der Waals surface area contributed by atoms with Crippen LogP contribution in [0.5, 0.6) is 28.7 Å². The highest BCUT2D eigenvalue weighted by Crippen LogP contribution is 2.37. The molecule has 1 aromatic heterocycles. The molecule has 5 rings (SSSR count).